The standard InChI is InChI=1S/C19H23NO4S/c1-4-25(22,23)18-10-8-16(9-11-18)19(21)20(3)12-13-24-17-7-5-6-15(2)14-17/h5-11,14H,4,12-13H2,1-3H3. The quantitative estimate of drug-likeness (QED) is 0.761. The van der Waals surface area contributed by atoms with Crippen molar-refractivity contribution >= 4 is 15.7 Å². The molecule has 0 N–H and O–H groups in total. The van der Waals surface area contributed by atoms with E-state index in [4.69, 9.17) is 4.74 Å². The Kier molecular flexibility index (Phi) is 6.20. The van der Waals surface area contributed by atoms with Crippen molar-refractivity contribution in [2.75, 3.05) is 26.0 Å². The molecular formula is C19H23NO4S. The second-order valence-electron chi connectivity index (χ2n) is 5.82. The summed E-state index contributed by atoms with van der Waals surface area (Å²) in [5, 5.41) is 0. The number of amides is 1. The molecule has 134 valence electrons. The van der Waals surface area contributed by atoms with Gasteiger partial charge in [-0.25, -0.2) is 8.42 Å². The number of aryl methyl sites for hydroxylation is 1. The molecule has 2 aromatic carbocycles. The Labute approximate surface area is 149 Å². The normalized spacial score (nSPS) is 11.2. The van der Waals surface area contributed by atoms with Crippen molar-refractivity contribution in [2.24, 2.45) is 0 Å². The zero-order valence-corrected chi connectivity index (χ0v) is 15.5. The SMILES string of the molecule is CCS(=O)(=O)c1ccc(C(=O)N(C)CCOc2cccc(C)c2)cc1. The Balaban J connectivity index is 1.93. The first-order valence-corrected chi connectivity index (χ1v) is 9.76. The van der Waals surface area contributed by atoms with Crippen LogP contribution in [-0.4, -0.2) is 45.2 Å². The third-order valence-corrected chi connectivity index (χ3v) is 5.62. The maximum Gasteiger partial charge on any atom is 0.253 e. The minimum absolute atomic E-state index is 0.0382. The van der Waals surface area contributed by atoms with E-state index in [9.17, 15) is 13.2 Å². The molecule has 0 bridgehead atoms. The van der Waals surface area contributed by atoms with Crippen molar-refractivity contribution in [3.63, 3.8) is 0 Å². The van der Waals surface area contributed by atoms with Gasteiger partial charge in [-0.1, -0.05) is 19.1 Å². The molecule has 2 rings (SSSR count). The highest BCUT2D eigenvalue weighted by atomic mass is 32.2. The molecule has 0 radical (unpaired) electrons. The number of hydrogen-bond donors (Lipinski definition) is 0. The highest BCUT2D eigenvalue weighted by Gasteiger charge is 2.15. The first-order chi connectivity index (χ1) is 11.8. The average molecular weight is 361 g/mol. The highest BCUT2D eigenvalue weighted by molar-refractivity contribution is 7.91. The molecule has 0 spiro atoms. The fourth-order valence-electron chi connectivity index (χ4n) is 2.30. The van der Waals surface area contributed by atoms with Crippen LogP contribution in [0.4, 0.5) is 0 Å². The van der Waals surface area contributed by atoms with Crippen LogP contribution in [0.5, 0.6) is 5.75 Å². The van der Waals surface area contributed by atoms with Gasteiger partial charge in [0, 0.05) is 12.6 Å². The van der Waals surface area contributed by atoms with Gasteiger partial charge in [0.15, 0.2) is 9.84 Å². The number of likely N-dealkylation sites (N-methyl/N-ethyl adjacent to an activating group) is 1. The van der Waals surface area contributed by atoms with Gasteiger partial charge in [0.05, 0.1) is 17.2 Å². The highest BCUT2D eigenvalue weighted by Crippen LogP contribution is 2.14. The van der Waals surface area contributed by atoms with E-state index < -0.39 is 9.84 Å². The van der Waals surface area contributed by atoms with E-state index in [1.54, 1.807) is 31.0 Å². The third-order valence-electron chi connectivity index (χ3n) is 3.87. The Hall–Kier alpha value is -2.34. The van der Waals surface area contributed by atoms with Crippen LogP contribution in [0.15, 0.2) is 53.4 Å². The first kappa shape index (κ1) is 19.0. The molecule has 5 nitrogen and oxygen atoms in total. The summed E-state index contributed by atoms with van der Waals surface area (Å²) in [4.78, 5) is 14.2. The molecule has 0 saturated heterocycles. The second kappa shape index (κ2) is 8.16. The van der Waals surface area contributed by atoms with Crippen molar-refractivity contribution in [3.05, 3.63) is 59.7 Å². The van der Waals surface area contributed by atoms with Gasteiger partial charge >= 0.3 is 0 Å². The van der Waals surface area contributed by atoms with Gasteiger partial charge in [-0.15, -0.1) is 0 Å². The van der Waals surface area contributed by atoms with Crippen molar-refractivity contribution in [3.8, 4) is 5.75 Å². The van der Waals surface area contributed by atoms with E-state index in [1.165, 1.54) is 12.1 Å². The fraction of sp³-hybridized carbons (Fsp3) is 0.316. The maximum absolute atomic E-state index is 12.4. The largest absolute Gasteiger partial charge is 0.492 e. The van der Waals surface area contributed by atoms with Gasteiger partial charge in [0.25, 0.3) is 5.91 Å². The summed E-state index contributed by atoms with van der Waals surface area (Å²) in [7, 11) is -1.56. The molecule has 0 atom stereocenters. The van der Waals surface area contributed by atoms with E-state index in [-0.39, 0.29) is 16.6 Å². The summed E-state index contributed by atoms with van der Waals surface area (Å²) in [6, 6.07) is 13.8. The molecular weight excluding hydrogens is 338 g/mol. The smallest absolute Gasteiger partial charge is 0.253 e. The molecule has 2 aromatic rings. The Morgan fingerprint density at radius 2 is 1.80 bits per heavy atom. The van der Waals surface area contributed by atoms with Gasteiger partial charge in [0.1, 0.15) is 12.4 Å². The number of carbonyl (C=O) groups excluding carboxylic acids is 1. The molecule has 0 aromatic heterocycles. The lowest BCUT2D eigenvalue weighted by molar-refractivity contribution is 0.0773. The van der Waals surface area contributed by atoms with Crippen molar-refractivity contribution in [1.82, 2.24) is 4.90 Å². The van der Waals surface area contributed by atoms with Crippen molar-refractivity contribution in [1.29, 1.82) is 0 Å². The number of carbonyl (C=O) groups is 1. The number of hydrogen-bond acceptors (Lipinski definition) is 4. The van der Waals surface area contributed by atoms with Crippen LogP contribution in [-0.2, 0) is 9.84 Å². The van der Waals surface area contributed by atoms with Crippen LogP contribution in [0.1, 0.15) is 22.8 Å². The van der Waals surface area contributed by atoms with Gasteiger partial charge < -0.3 is 9.64 Å². The third kappa shape index (κ3) is 5.06. The second-order valence-corrected chi connectivity index (χ2v) is 8.10. The molecule has 25 heavy (non-hydrogen) atoms. The molecule has 0 heterocycles. The Morgan fingerprint density at radius 3 is 2.40 bits per heavy atom. The minimum Gasteiger partial charge on any atom is -0.492 e. The predicted octanol–water partition coefficient (Wildman–Crippen LogP) is 2.94. The minimum atomic E-state index is -3.25. The van der Waals surface area contributed by atoms with E-state index in [0.29, 0.717) is 18.7 Å². The van der Waals surface area contributed by atoms with E-state index in [0.717, 1.165) is 11.3 Å². The summed E-state index contributed by atoms with van der Waals surface area (Å²) in [5.74, 6) is 0.638. The van der Waals surface area contributed by atoms with Crippen LogP contribution < -0.4 is 4.74 Å². The number of sulfone groups is 1. The number of rotatable bonds is 7. The lowest BCUT2D eigenvalue weighted by Gasteiger charge is -2.18. The van der Waals surface area contributed by atoms with Gasteiger partial charge in [-0.2, -0.15) is 0 Å². The van der Waals surface area contributed by atoms with Crippen LogP contribution >= 0.6 is 0 Å². The summed E-state index contributed by atoms with van der Waals surface area (Å²) in [6.07, 6.45) is 0. The number of ether oxygens (including phenoxy) is 1. The summed E-state index contributed by atoms with van der Waals surface area (Å²) in [5.41, 5.74) is 1.57. The predicted molar refractivity (Wildman–Crippen MR) is 97.8 cm³/mol. The molecule has 0 aliphatic rings. The van der Waals surface area contributed by atoms with Gasteiger partial charge in [-0.3, -0.25) is 4.79 Å². The molecule has 0 unspecified atom stereocenters. The van der Waals surface area contributed by atoms with Gasteiger partial charge in [0.2, 0.25) is 0 Å². The zero-order chi connectivity index (χ0) is 18.4. The number of nitrogens with zero attached hydrogens (tertiary/aromatic N) is 1. The average Bonchev–Trinajstić information content (AvgIpc) is 2.61. The van der Waals surface area contributed by atoms with Crippen LogP contribution in [0, 0.1) is 6.92 Å². The van der Waals surface area contributed by atoms with Crippen LogP contribution in [0.3, 0.4) is 0 Å². The van der Waals surface area contributed by atoms with Crippen molar-refractivity contribution in [2.45, 2.75) is 18.7 Å². The maximum atomic E-state index is 12.4. The Morgan fingerprint density at radius 1 is 1.12 bits per heavy atom. The van der Waals surface area contributed by atoms with Gasteiger partial charge in [-0.05, 0) is 48.9 Å². The molecule has 0 aliphatic carbocycles. The van der Waals surface area contributed by atoms with Crippen molar-refractivity contribution < 1.29 is 17.9 Å². The Bertz CT molecular complexity index is 829. The summed E-state index contributed by atoms with van der Waals surface area (Å²) in [6.45, 7) is 4.40. The summed E-state index contributed by atoms with van der Waals surface area (Å²) < 4.78 is 29.3. The molecule has 0 aliphatic heterocycles. The zero-order valence-electron chi connectivity index (χ0n) is 14.7. The molecule has 0 fully saturated rings. The van der Waals surface area contributed by atoms with E-state index in [1.807, 2.05) is 31.2 Å². The number of benzene rings is 2. The monoisotopic (exact) mass is 361 g/mol. The van der Waals surface area contributed by atoms with Crippen LogP contribution in [0.2, 0.25) is 0 Å². The lowest BCUT2D eigenvalue weighted by Crippen LogP contribution is -2.30. The molecule has 6 heteroatoms. The lowest BCUT2D eigenvalue weighted by atomic mass is 10.2. The topological polar surface area (TPSA) is 63.7 Å². The van der Waals surface area contributed by atoms with Crippen LogP contribution in [0.25, 0.3) is 0 Å². The van der Waals surface area contributed by atoms with E-state index in [2.05, 4.69) is 0 Å². The molecule has 0 saturated carbocycles. The molecule has 1 amide bonds. The van der Waals surface area contributed by atoms with E-state index >= 15 is 0 Å². The fourth-order valence-corrected chi connectivity index (χ4v) is 3.18. The first-order valence-electron chi connectivity index (χ1n) is 8.11. The summed E-state index contributed by atoms with van der Waals surface area (Å²) >= 11 is 0.